The molecule has 3 N–H and O–H groups in total. The highest BCUT2D eigenvalue weighted by Gasteiger charge is 2.20. The highest BCUT2D eigenvalue weighted by molar-refractivity contribution is 5.76. The van der Waals surface area contributed by atoms with Crippen molar-refractivity contribution in [3.63, 3.8) is 0 Å². The van der Waals surface area contributed by atoms with Gasteiger partial charge in [0.2, 0.25) is 5.91 Å². The van der Waals surface area contributed by atoms with Crippen LogP contribution in [0.4, 0.5) is 0 Å². The van der Waals surface area contributed by atoms with Crippen molar-refractivity contribution in [1.29, 1.82) is 0 Å². The van der Waals surface area contributed by atoms with Gasteiger partial charge < -0.3 is 20.3 Å². The number of aliphatic hydroxyl groups excluding tert-OH is 2. The molecule has 0 radical (unpaired) electrons. The minimum atomic E-state index is -0.668. The first-order valence-corrected chi connectivity index (χ1v) is 36.1. The minimum Gasteiger partial charge on any atom is -0.466 e. The highest BCUT2D eigenvalue weighted by atomic mass is 16.5. The Morgan fingerprint density at radius 1 is 0.354 bits per heavy atom. The third-order valence-electron chi connectivity index (χ3n) is 17.0. The first kappa shape index (κ1) is 77.3. The number of hydrogen-bond acceptors (Lipinski definition) is 5. The fourth-order valence-corrected chi connectivity index (χ4v) is 11.5. The summed E-state index contributed by atoms with van der Waals surface area (Å²) in [6.07, 6.45) is 86.5. The van der Waals surface area contributed by atoms with Gasteiger partial charge in [-0.2, -0.15) is 0 Å². The van der Waals surface area contributed by atoms with E-state index in [2.05, 4.69) is 43.5 Å². The maximum Gasteiger partial charge on any atom is 0.305 e. The molecule has 0 aromatic heterocycles. The van der Waals surface area contributed by atoms with Crippen LogP contribution < -0.4 is 5.32 Å². The van der Waals surface area contributed by atoms with Crippen molar-refractivity contribution in [1.82, 2.24) is 5.32 Å². The van der Waals surface area contributed by atoms with Gasteiger partial charge in [0, 0.05) is 12.8 Å². The van der Waals surface area contributed by atoms with E-state index in [4.69, 9.17) is 4.74 Å². The Morgan fingerprint density at radius 2 is 0.633 bits per heavy atom. The maximum absolute atomic E-state index is 12.6. The number of unbranched alkanes of at least 4 members (excludes halogenated alkanes) is 53. The summed E-state index contributed by atoms with van der Waals surface area (Å²) >= 11 is 0. The van der Waals surface area contributed by atoms with Crippen molar-refractivity contribution in [2.45, 2.75) is 418 Å². The first-order chi connectivity index (χ1) is 39.0. The molecular formula is C73H141NO5. The Kier molecular flexibility index (Phi) is 67.4. The molecule has 79 heavy (non-hydrogen) atoms. The van der Waals surface area contributed by atoms with E-state index in [9.17, 15) is 19.8 Å². The molecule has 0 aliphatic carbocycles. The second-order valence-electron chi connectivity index (χ2n) is 24.9. The molecule has 0 aliphatic heterocycles. The molecule has 6 nitrogen and oxygen atoms in total. The Bertz CT molecular complexity index is 1230. The van der Waals surface area contributed by atoms with E-state index in [0.717, 1.165) is 51.4 Å². The number of aliphatic hydroxyl groups is 2. The molecule has 0 spiro atoms. The number of amides is 1. The molecule has 0 rings (SSSR count). The second kappa shape index (κ2) is 68.8. The van der Waals surface area contributed by atoms with Gasteiger partial charge in [-0.3, -0.25) is 9.59 Å². The predicted molar refractivity (Wildman–Crippen MR) is 347 cm³/mol. The van der Waals surface area contributed by atoms with Crippen LogP contribution >= 0.6 is 0 Å². The Labute approximate surface area is 494 Å². The molecule has 0 heterocycles. The number of carbonyl (C=O) groups is 2. The fraction of sp³-hybridized carbons (Fsp3) is 0.918. The first-order valence-electron chi connectivity index (χ1n) is 36.1. The van der Waals surface area contributed by atoms with Gasteiger partial charge in [0.1, 0.15) is 0 Å². The molecule has 468 valence electrons. The third kappa shape index (κ3) is 65.4. The molecular weight excluding hydrogens is 971 g/mol. The van der Waals surface area contributed by atoms with Gasteiger partial charge in [-0.05, 0) is 57.8 Å². The van der Waals surface area contributed by atoms with Crippen molar-refractivity contribution in [2.24, 2.45) is 0 Å². The SMILES string of the molecule is CCCCC/C=C\C/C=C\CCCCCCCCCCCC(=O)OCCCCCCCCCCCCCCCCCCCCCC(=O)NC(CO)C(O)CCCCCCCCCCCCCCCCCCCCCCCCCC. The monoisotopic (exact) mass is 1110 g/mol. The average molecular weight is 1110 g/mol. The highest BCUT2D eigenvalue weighted by Crippen LogP contribution is 2.19. The van der Waals surface area contributed by atoms with Crippen molar-refractivity contribution in [3.05, 3.63) is 24.3 Å². The third-order valence-corrected chi connectivity index (χ3v) is 17.0. The van der Waals surface area contributed by atoms with Crippen LogP contribution in [-0.2, 0) is 14.3 Å². The van der Waals surface area contributed by atoms with Crippen LogP contribution in [0.1, 0.15) is 406 Å². The smallest absolute Gasteiger partial charge is 0.305 e. The summed E-state index contributed by atoms with van der Waals surface area (Å²) in [5.74, 6) is -0.0263. The van der Waals surface area contributed by atoms with Gasteiger partial charge in [0.05, 0.1) is 25.4 Å². The zero-order valence-corrected chi connectivity index (χ0v) is 53.6. The van der Waals surface area contributed by atoms with Crippen LogP contribution in [0, 0.1) is 0 Å². The van der Waals surface area contributed by atoms with Gasteiger partial charge in [0.15, 0.2) is 0 Å². The van der Waals surface area contributed by atoms with Gasteiger partial charge in [0.25, 0.3) is 0 Å². The van der Waals surface area contributed by atoms with E-state index in [1.54, 1.807) is 0 Å². The Morgan fingerprint density at radius 3 is 0.987 bits per heavy atom. The minimum absolute atomic E-state index is 0.00661. The lowest BCUT2D eigenvalue weighted by Crippen LogP contribution is -2.45. The largest absolute Gasteiger partial charge is 0.466 e. The second-order valence-corrected chi connectivity index (χ2v) is 24.9. The fourth-order valence-electron chi connectivity index (χ4n) is 11.5. The number of nitrogens with one attached hydrogen (secondary N) is 1. The van der Waals surface area contributed by atoms with Gasteiger partial charge in [-0.25, -0.2) is 0 Å². The molecule has 0 aliphatic rings. The van der Waals surface area contributed by atoms with Crippen LogP contribution in [-0.4, -0.2) is 47.4 Å². The van der Waals surface area contributed by atoms with Crippen LogP contribution in [0.15, 0.2) is 24.3 Å². The van der Waals surface area contributed by atoms with Gasteiger partial charge in [-0.15, -0.1) is 0 Å². The number of esters is 1. The standard InChI is InChI=1S/C73H141NO5/c1-3-5-7-9-11-13-15-17-19-21-23-24-25-26-27-30-33-37-41-45-49-53-57-61-65-71(76)70(69-75)74-72(77)66-62-58-54-50-46-42-38-34-31-28-32-36-40-44-48-52-56-60-64-68-79-73(78)67-63-59-55-51-47-43-39-35-29-22-20-18-16-14-12-10-8-6-4-2/h12,14,18,20,70-71,75-76H,3-11,13,15-17,19,21-69H2,1-2H3,(H,74,77)/b14-12-,20-18-. The number of allylic oxidation sites excluding steroid dienone is 4. The Balaban J connectivity index is 3.39. The summed E-state index contributed by atoms with van der Waals surface area (Å²) < 4.78 is 5.51. The molecule has 2 atom stereocenters. The number of ether oxygens (including phenoxy) is 1. The van der Waals surface area contributed by atoms with E-state index in [-0.39, 0.29) is 18.5 Å². The summed E-state index contributed by atoms with van der Waals surface area (Å²) in [6, 6.07) is -0.545. The summed E-state index contributed by atoms with van der Waals surface area (Å²) in [4.78, 5) is 24.7. The van der Waals surface area contributed by atoms with Crippen LogP contribution in [0.3, 0.4) is 0 Å². The lowest BCUT2D eigenvalue weighted by molar-refractivity contribution is -0.143. The molecule has 1 amide bonds. The van der Waals surface area contributed by atoms with E-state index < -0.39 is 12.1 Å². The zero-order chi connectivity index (χ0) is 57.1. The predicted octanol–water partition coefficient (Wildman–Crippen LogP) is 23.3. The van der Waals surface area contributed by atoms with Crippen LogP contribution in [0.5, 0.6) is 0 Å². The van der Waals surface area contributed by atoms with E-state index in [1.807, 2.05) is 0 Å². The number of carbonyl (C=O) groups excluding carboxylic acids is 2. The molecule has 6 heteroatoms. The lowest BCUT2D eigenvalue weighted by Gasteiger charge is -2.22. The van der Waals surface area contributed by atoms with Crippen molar-refractivity contribution >= 4 is 11.9 Å². The molecule has 0 fully saturated rings. The molecule has 2 unspecified atom stereocenters. The number of rotatable bonds is 68. The summed E-state index contributed by atoms with van der Waals surface area (Å²) in [5, 5.41) is 23.4. The molecule has 0 saturated heterocycles. The number of hydrogen-bond donors (Lipinski definition) is 3. The maximum atomic E-state index is 12.6. The normalized spacial score (nSPS) is 12.6. The quantitative estimate of drug-likeness (QED) is 0.0320. The lowest BCUT2D eigenvalue weighted by atomic mass is 10.0. The molecule has 0 saturated carbocycles. The van der Waals surface area contributed by atoms with E-state index in [0.29, 0.717) is 25.9 Å². The average Bonchev–Trinajstić information content (AvgIpc) is 3.45. The van der Waals surface area contributed by atoms with E-state index in [1.165, 1.54) is 321 Å². The molecule has 0 aromatic carbocycles. The van der Waals surface area contributed by atoms with Gasteiger partial charge in [-0.1, -0.05) is 359 Å². The van der Waals surface area contributed by atoms with Crippen LogP contribution in [0.2, 0.25) is 0 Å². The summed E-state index contributed by atoms with van der Waals surface area (Å²) in [5.41, 5.74) is 0. The summed E-state index contributed by atoms with van der Waals surface area (Å²) in [6.45, 7) is 4.96. The van der Waals surface area contributed by atoms with Crippen LogP contribution in [0.25, 0.3) is 0 Å². The van der Waals surface area contributed by atoms with Crippen molar-refractivity contribution in [2.75, 3.05) is 13.2 Å². The Hall–Kier alpha value is -1.66. The molecule has 0 bridgehead atoms. The van der Waals surface area contributed by atoms with E-state index >= 15 is 0 Å². The topological polar surface area (TPSA) is 95.9 Å². The van der Waals surface area contributed by atoms with Crippen molar-refractivity contribution < 1.29 is 24.5 Å². The van der Waals surface area contributed by atoms with Gasteiger partial charge >= 0.3 is 5.97 Å². The molecule has 0 aromatic rings. The zero-order valence-electron chi connectivity index (χ0n) is 53.6. The summed E-state index contributed by atoms with van der Waals surface area (Å²) in [7, 11) is 0. The van der Waals surface area contributed by atoms with Crippen molar-refractivity contribution in [3.8, 4) is 0 Å².